The zero-order chi connectivity index (χ0) is 17.0. The highest BCUT2D eigenvalue weighted by Crippen LogP contribution is 2.40. The van der Waals surface area contributed by atoms with E-state index in [2.05, 4.69) is 39.9 Å². The van der Waals surface area contributed by atoms with Gasteiger partial charge in [0.2, 0.25) is 5.91 Å². The van der Waals surface area contributed by atoms with Crippen LogP contribution in [0.2, 0.25) is 0 Å². The Morgan fingerprint density at radius 3 is 2.52 bits per heavy atom. The second kappa shape index (κ2) is 7.02. The Morgan fingerprint density at radius 2 is 1.96 bits per heavy atom. The minimum atomic E-state index is -0.218. The molecule has 2 N–H and O–H groups in total. The number of carbonyl (C=O) groups excluding carboxylic acids is 1. The topological polar surface area (TPSA) is 56.7 Å². The lowest BCUT2D eigenvalue weighted by molar-refractivity contribution is -0.122. The van der Waals surface area contributed by atoms with E-state index < -0.39 is 0 Å². The summed E-state index contributed by atoms with van der Waals surface area (Å²) in [5, 5.41) is 6.42. The van der Waals surface area contributed by atoms with Gasteiger partial charge in [-0.2, -0.15) is 0 Å². The van der Waals surface area contributed by atoms with Crippen LogP contribution >= 0.6 is 0 Å². The van der Waals surface area contributed by atoms with Gasteiger partial charge in [0.05, 0.1) is 6.54 Å². The molecule has 1 aliphatic carbocycles. The van der Waals surface area contributed by atoms with E-state index in [9.17, 15) is 4.79 Å². The molecule has 0 aliphatic heterocycles. The fourth-order valence-electron chi connectivity index (χ4n) is 2.68. The van der Waals surface area contributed by atoms with Crippen LogP contribution in [-0.2, 0) is 4.79 Å². The number of nitrogens with zero attached hydrogens (tertiary/aromatic N) is 2. The van der Waals surface area contributed by atoms with Crippen LogP contribution in [0.15, 0.2) is 35.3 Å². The van der Waals surface area contributed by atoms with Crippen molar-refractivity contribution in [1.29, 1.82) is 0 Å². The van der Waals surface area contributed by atoms with Crippen molar-refractivity contribution in [3.63, 3.8) is 0 Å². The SMILES string of the molecule is CN=C(NC1CC1c1ccccc1)N(C)CC(=O)NC(C)(C)C. The first-order valence-electron chi connectivity index (χ1n) is 8.10. The molecule has 0 spiro atoms. The molecule has 1 aromatic rings. The lowest BCUT2D eigenvalue weighted by Crippen LogP contribution is -2.49. The number of nitrogens with one attached hydrogen (secondary N) is 2. The summed E-state index contributed by atoms with van der Waals surface area (Å²) in [7, 11) is 3.64. The number of hydrogen-bond acceptors (Lipinski definition) is 2. The average molecular weight is 316 g/mol. The molecule has 126 valence electrons. The predicted molar refractivity (Wildman–Crippen MR) is 94.6 cm³/mol. The van der Waals surface area contributed by atoms with Crippen LogP contribution in [0.25, 0.3) is 0 Å². The third-order valence-electron chi connectivity index (χ3n) is 3.80. The highest BCUT2D eigenvalue weighted by molar-refractivity contribution is 5.87. The Morgan fingerprint density at radius 1 is 1.30 bits per heavy atom. The third kappa shape index (κ3) is 5.27. The molecule has 2 atom stereocenters. The van der Waals surface area contributed by atoms with E-state index in [-0.39, 0.29) is 11.4 Å². The van der Waals surface area contributed by atoms with Crippen molar-refractivity contribution in [3.8, 4) is 0 Å². The quantitative estimate of drug-likeness (QED) is 0.659. The lowest BCUT2D eigenvalue weighted by atomic mass is 10.1. The molecule has 1 saturated carbocycles. The van der Waals surface area contributed by atoms with Gasteiger partial charge in [-0.3, -0.25) is 9.79 Å². The number of hydrogen-bond donors (Lipinski definition) is 2. The minimum absolute atomic E-state index is 0.00152. The monoisotopic (exact) mass is 316 g/mol. The van der Waals surface area contributed by atoms with Crippen molar-refractivity contribution in [3.05, 3.63) is 35.9 Å². The molecular formula is C18H28N4O. The van der Waals surface area contributed by atoms with Crippen LogP contribution < -0.4 is 10.6 Å². The molecule has 2 rings (SSSR count). The predicted octanol–water partition coefficient (Wildman–Crippen LogP) is 1.96. The summed E-state index contributed by atoms with van der Waals surface area (Å²) in [6.45, 7) is 6.23. The van der Waals surface area contributed by atoms with Gasteiger partial charge in [0, 0.05) is 31.6 Å². The van der Waals surface area contributed by atoms with Crippen LogP contribution in [0.5, 0.6) is 0 Å². The maximum Gasteiger partial charge on any atom is 0.240 e. The van der Waals surface area contributed by atoms with E-state index in [0.29, 0.717) is 18.5 Å². The summed E-state index contributed by atoms with van der Waals surface area (Å²) in [5.41, 5.74) is 1.14. The number of amides is 1. The Kier molecular flexibility index (Phi) is 5.29. The number of benzene rings is 1. The zero-order valence-electron chi connectivity index (χ0n) is 14.8. The maximum atomic E-state index is 12.0. The van der Waals surface area contributed by atoms with Crippen molar-refractivity contribution in [2.75, 3.05) is 20.6 Å². The van der Waals surface area contributed by atoms with Crippen LogP contribution in [-0.4, -0.2) is 49.0 Å². The summed E-state index contributed by atoms with van der Waals surface area (Å²) in [6, 6.07) is 10.9. The lowest BCUT2D eigenvalue weighted by Gasteiger charge is -2.25. The highest BCUT2D eigenvalue weighted by Gasteiger charge is 2.39. The molecule has 1 aliphatic rings. The van der Waals surface area contributed by atoms with Gasteiger partial charge in [0.1, 0.15) is 0 Å². The molecule has 0 aromatic heterocycles. The van der Waals surface area contributed by atoms with Gasteiger partial charge in [0.15, 0.2) is 5.96 Å². The van der Waals surface area contributed by atoms with E-state index >= 15 is 0 Å². The number of guanidine groups is 1. The van der Waals surface area contributed by atoms with E-state index in [0.717, 1.165) is 12.4 Å². The summed E-state index contributed by atoms with van der Waals surface area (Å²) >= 11 is 0. The molecule has 0 radical (unpaired) electrons. The van der Waals surface area contributed by atoms with Gasteiger partial charge in [-0.15, -0.1) is 0 Å². The van der Waals surface area contributed by atoms with Crippen LogP contribution in [0, 0.1) is 0 Å². The minimum Gasteiger partial charge on any atom is -0.353 e. The van der Waals surface area contributed by atoms with E-state index in [1.54, 1.807) is 7.05 Å². The van der Waals surface area contributed by atoms with Crippen LogP contribution in [0.1, 0.15) is 38.7 Å². The molecule has 0 heterocycles. The van der Waals surface area contributed by atoms with Crippen LogP contribution in [0.3, 0.4) is 0 Å². The molecule has 0 saturated heterocycles. The molecule has 23 heavy (non-hydrogen) atoms. The molecule has 1 aromatic carbocycles. The number of aliphatic imine (C=N–C) groups is 1. The van der Waals surface area contributed by atoms with Crippen molar-refractivity contribution < 1.29 is 4.79 Å². The average Bonchev–Trinajstić information content (AvgIpc) is 3.22. The first kappa shape index (κ1) is 17.3. The number of likely N-dealkylation sites (N-methyl/N-ethyl adjacent to an activating group) is 1. The summed E-state index contributed by atoms with van der Waals surface area (Å²) in [5.74, 6) is 1.29. The largest absolute Gasteiger partial charge is 0.353 e. The Hall–Kier alpha value is -2.04. The highest BCUT2D eigenvalue weighted by atomic mass is 16.2. The number of rotatable bonds is 4. The fraction of sp³-hybridized carbons (Fsp3) is 0.556. The smallest absolute Gasteiger partial charge is 0.240 e. The molecule has 2 unspecified atom stereocenters. The second-order valence-corrected chi connectivity index (χ2v) is 7.21. The fourth-order valence-corrected chi connectivity index (χ4v) is 2.68. The maximum absolute atomic E-state index is 12.0. The van der Waals surface area contributed by atoms with Crippen LogP contribution in [0.4, 0.5) is 0 Å². The van der Waals surface area contributed by atoms with E-state index in [1.807, 2.05) is 38.8 Å². The second-order valence-electron chi connectivity index (χ2n) is 7.21. The normalized spacial score (nSPS) is 20.8. The van der Waals surface area contributed by atoms with Gasteiger partial charge in [0.25, 0.3) is 0 Å². The molecule has 1 amide bonds. The van der Waals surface area contributed by atoms with Crippen molar-refractivity contribution in [1.82, 2.24) is 15.5 Å². The van der Waals surface area contributed by atoms with Crippen molar-refractivity contribution in [2.24, 2.45) is 4.99 Å². The summed E-state index contributed by atoms with van der Waals surface area (Å²) in [6.07, 6.45) is 1.10. The third-order valence-corrected chi connectivity index (χ3v) is 3.80. The first-order valence-corrected chi connectivity index (χ1v) is 8.10. The molecular weight excluding hydrogens is 288 g/mol. The van der Waals surface area contributed by atoms with Gasteiger partial charge in [-0.1, -0.05) is 30.3 Å². The molecule has 5 nitrogen and oxygen atoms in total. The Balaban J connectivity index is 1.85. The van der Waals surface area contributed by atoms with Gasteiger partial charge in [-0.05, 0) is 32.8 Å². The summed E-state index contributed by atoms with van der Waals surface area (Å²) in [4.78, 5) is 18.2. The van der Waals surface area contributed by atoms with E-state index in [1.165, 1.54) is 5.56 Å². The molecule has 1 fully saturated rings. The van der Waals surface area contributed by atoms with Gasteiger partial charge < -0.3 is 15.5 Å². The summed E-state index contributed by atoms with van der Waals surface area (Å²) < 4.78 is 0. The molecule has 5 heteroatoms. The Bertz CT molecular complexity index is 562. The first-order chi connectivity index (χ1) is 10.8. The Labute approximate surface area is 139 Å². The van der Waals surface area contributed by atoms with E-state index in [4.69, 9.17) is 0 Å². The van der Waals surface area contributed by atoms with Gasteiger partial charge >= 0.3 is 0 Å². The van der Waals surface area contributed by atoms with Gasteiger partial charge in [-0.25, -0.2) is 0 Å². The standard InChI is InChI=1S/C18H28N4O/c1-18(2,3)21-16(23)12-22(5)17(19-4)20-15-11-14(15)13-9-7-6-8-10-13/h6-10,14-15H,11-12H2,1-5H3,(H,19,20)(H,21,23). The zero-order valence-corrected chi connectivity index (χ0v) is 14.8. The van der Waals surface area contributed by atoms with Crippen molar-refractivity contribution in [2.45, 2.75) is 44.7 Å². The molecule has 0 bridgehead atoms. The van der Waals surface area contributed by atoms with Crippen molar-refractivity contribution >= 4 is 11.9 Å². The number of carbonyl (C=O) groups is 1.